The van der Waals surface area contributed by atoms with Gasteiger partial charge in [0.05, 0.1) is 6.54 Å². The number of hydrogen-bond acceptors (Lipinski definition) is 4. The number of carbonyl (C=O) groups excluding carboxylic acids is 2. The molecule has 4 N–H and O–H groups in total. The Morgan fingerprint density at radius 3 is 2.09 bits per heavy atom. The van der Waals surface area contributed by atoms with Crippen molar-refractivity contribution in [2.75, 3.05) is 13.1 Å². The predicted molar refractivity (Wildman–Crippen MR) is 131 cm³/mol. The molecule has 34 heavy (non-hydrogen) atoms. The highest BCUT2D eigenvalue weighted by molar-refractivity contribution is 5.91. The van der Waals surface area contributed by atoms with E-state index in [1.807, 2.05) is 62.4 Å². The highest BCUT2D eigenvalue weighted by Gasteiger charge is 2.43. The van der Waals surface area contributed by atoms with E-state index in [1.54, 1.807) is 0 Å². The largest absolute Gasteiger partial charge is 0.480 e. The van der Waals surface area contributed by atoms with E-state index in [-0.39, 0.29) is 30.2 Å². The van der Waals surface area contributed by atoms with E-state index in [4.69, 9.17) is 0 Å². The molecule has 0 heterocycles. The number of carbonyl (C=O) groups is 3. The van der Waals surface area contributed by atoms with Gasteiger partial charge in [0.15, 0.2) is 0 Å². The minimum absolute atomic E-state index is 0.0773. The summed E-state index contributed by atoms with van der Waals surface area (Å²) in [6.07, 6.45) is 2.75. The van der Waals surface area contributed by atoms with Gasteiger partial charge in [0.1, 0.15) is 12.1 Å². The number of carboxylic acids is 1. The molecule has 0 bridgehead atoms. The summed E-state index contributed by atoms with van der Waals surface area (Å²) in [6.45, 7) is 4.58. The molecule has 3 rings (SSSR count). The van der Waals surface area contributed by atoms with Gasteiger partial charge in [0, 0.05) is 18.4 Å². The zero-order valence-corrected chi connectivity index (χ0v) is 19.9. The van der Waals surface area contributed by atoms with Crippen LogP contribution >= 0.6 is 0 Å². The number of benzene rings is 2. The van der Waals surface area contributed by atoms with E-state index in [0.717, 1.165) is 18.4 Å². The van der Waals surface area contributed by atoms with Gasteiger partial charge in [-0.05, 0) is 36.3 Å². The first-order chi connectivity index (χ1) is 16.3. The van der Waals surface area contributed by atoms with Crippen LogP contribution in [-0.2, 0) is 26.2 Å². The molecule has 7 nitrogen and oxygen atoms in total. The van der Waals surface area contributed by atoms with Crippen molar-refractivity contribution in [2.24, 2.45) is 5.92 Å². The highest BCUT2D eigenvalue weighted by Crippen LogP contribution is 2.47. The fraction of sp³-hybridized carbons (Fsp3) is 0.444. The van der Waals surface area contributed by atoms with Crippen LogP contribution in [0.2, 0.25) is 0 Å². The van der Waals surface area contributed by atoms with Gasteiger partial charge in [-0.15, -0.1) is 0 Å². The lowest BCUT2D eigenvalue weighted by molar-refractivity contribution is -0.142. The third-order valence-electron chi connectivity index (χ3n) is 6.24. The lowest BCUT2D eigenvalue weighted by atomic mass is 9.96. The molecule has 1 aliphatic carbocycles. The summed E-state index contributed by atoms with van der Waals surface area (Å²) in [5.41, 5.74) is 2.23. The Morgan fingerprint density at radius 1 is 0.912 bits per heavy atom. The number of aliphatic carboxylic acids is 1. The van der Waals surface area contributed by atoms with Crippen LogP contribution in [0.25, 0.3) is 0 Å². The van der Waals surface area contributed by atoms with Crippen molar-refractivity contribution in [1.29, 1.82) is 0 Å². The predicted octanol–water partition coefficient (Wildman–Crippen LogP) is 2.65. The molecule has 2 amide bonds. The first kappa shape index (κ1) is 25.4. The fourth-order valence-electron chi connectivity index (χ4n) is 4.20. The quantitative estimate of drug-likeness (QED) is 0.364. The third-order valence-corrected chi connectivity index (χ3v) is 6.24. The van der Waals surface area contributed by atoms with Crippen molar-refractivity contribution in [3.05, 3.63) is 71.8 Å². The first-order valence-corrected chi connectivity index (χ1v) is 11.9. The lowest BCUT2D eigenvalue weighted by Gasteiger charge is -2.23. The summed E-state index contributed by atoms with van der Waals surface area (Å²) in [5.74, 6) is -1.76. The molecule has 2 atom stereocenters. The Bertz CT molecular complexity index is 958. The van der Waals surface area contributed by atoms with Crippen LogP contribution in [-0.4, -0.2) is 48.1 Å². The Kier molecular flexibility index (Phi) is 8.82. The monoisotopic (exact) mass is 465 g/mol. The lowest BCUT2D eigenvalue weighted by Crippen LogP contribution is -2.54. The van der Waals surface area contributed by atoms with E-state index >= 15 is 0 Å². The summed E-state index contributed by atoms with van der Waals surface area (Å²) in [4.78, 5) is 37.3. The second-order valence-electron chi connectivity index (χ2n) is 9.59. The van der Waals surface area contributed by atoms with Gasteiger partial charge >= 0.3 is 5.97 Å². The van der Waals surface area contributed by atoms with Gasteiger partial charge < -0.3 is 21.1 Å². The van der Waals surface area contributed by atoms with Crippen LogP contribution in [0, 0.1) is 5.92 Å². The van der Waals surface area contributed by atoms with Crippen LogP contribution < -0.4 is 16.0 Å². The van der Waals surface area contributed by atoms with Gasteiger partial charge in [-0.3, -0.25) is 9.59 Å². The number of nitrogens with one attached hydrogen (secondary N) is 3. The van der Waals surface area contributed by atoms with Gasteiger partial charge in [-0.25, -0.2) is 4.79 Å². The average Bonchev–Trinajstić information content (AvgIpc) is 3.60. The van der Waals surface area contributed by atoms with Crippen molar-refractivity contribution >= 4 is 17.8 Å². The van der Waals surface area contributed by atoms with Crippen LogP contribution in [0.3, 0.4) is 0 Å². The SMILES string of the molecule is CC(C)CC(NC(=O)C(Cc1ccccc1)NC(=O)CNCC1(c2ccccc2)CC1)C(=O)O. The molecule has 2 aromatic carbocycles. The van der Waals surface area contributed by atoms with Crippen LogP contribution in [0.15, 0.2) is 60.7 Å². The summed E-state index contributed by atoms with van der Waals surface area (Å²) >= 11 is 0. The Hall–Kier alpha value is -3.19. The first-order valence-electron chi connectivity index (χ1n) is 11.9. The molecular weight excluding hydrogens is 430 g/mol. The molecule has 2 aromatic rings. The average molecular weight is 466 g/mol. The third kappa shape index (κ3) is 7.42. The molecule has 0 aromatic heterocycles. The summed E-state index contributed by atoms with van der Waals surface area (Å²) < 4.78 is 0. The Labute approximate surface area is 201 Å². The van der Waals surface area contributed by atoms with Gasteiger partial charge in [0.25, 0.3) is 0 Å². The second-order valence-corrected chi connectivity index (χ2v) is 9.59. The zero-order valence-electron chi connectivity index (χ0n) is 19.9. The minimum atomic E-state index is -1.08. The number of hydrogen-bond donors (Lipinski definition) is 4. The molecule has 182 valence electrons. The standard InChI is InChI=1S/C27H35N3O4/c1-19(2)15-23(26(33)34)30-25(32)22(16-20-9-5-3-6-10-20)29-24(31)17-28-18-27(13-14-27)21-11-7-4-8-12-21/h3-12,19,22-23,28H,13-18H2,1-2H3,(H,29,31)(H,30,32)(H,33,34). The topological polar surface area (TPSA) is 108 Å². The molecule has 2 unspecified atom stereocenters. The van der Waals surface area contributed by atoms with E-state index in [9.17, 15) is 19.5 Å². The van der Waals surface area contributed by atoms with Gasteiger partial charge in [-0.2, -0.15) is 0 Å². The van der Waals surface area contributed by atoms with E-state index in [0.29, 0.717) is 13.0 Å². The van der Waals surface area contributed by atoms with Crippen LogP contribution in [0.5, 0.6) is 0 Å². The maximum absolute atomic E-state index is 13.0. The van der Waals surface area contributed by atoms with Crippen molar-refractivity contribution in [3.8, 4) is 0 Å². The molecule has 1 saturated carbocycles. The summed E-state index contributed by atoms with van der Waals surface area (Å²) in [5, 5.41) is 18.2. The van der Waals surface area contributed by atoms with E-state index < -0.39 is 24.0 Å². The Balaban J connectivity index is 1.59. The highest BCUT2D eigenvalue weighted by atomic mass is 16.4. The maximum atomic E-state index is 13.0. The molecule has 0 aliphatic heterocycles. The van der Waals surface area contributed by atoms with Gasteiger partial charge in [-0.1, -0.05) is 74.5 Å². The van der Waals surface area contributed by atoms with Gasteiger partial charge in [0.2, 0.25) is 11.8 Å². The second kappa shape index (κ2) is 11.8. The van der Waals surface area contributed by atoms with Crippen LogP contribution in [0.1, 0.15) is 44.2 Å². The van der Waals surface area contributed by atoms with E-state index in [1.165, 1.54) is 5.56 Å². The molecule has 0 radical (unpaired) electrons. The summed E-state index contributed by atoms with van der Waals surface area (Å²) in [6, 6.07) is 17.8. The minimum Gasteiger partial charge on any atom is -0.480 e. The van der Waals surface area contributed by atoms with E-state index in [2.05, 4.69) is 28.1 Å². The van der Waals surface area contributed by atoms with Crippen molar-refractivity contribution in [3.63, 3.8) is 0 Å². The van der Waals surface area contributed by atoms with Crippen molar-refractivity contribution in [2.45, 2.75) is 57.0 Å². The van der Waals surface area contributed by atoms with Crippen molar-refractivity contribution in [1.82, 2.24) is 16.0 Å². The molecule has 0 saturated heterocycles. The number of amides is 2. The van der Waals surface area contributed by atoms with Crippen molar-refractivity contribution < 1.29 is 19.5 Å². The summed E-state index contributed by atoms with van der Waals surface area (Å²) in [7, 11) is 0. The fourth-order valence-corrected chi connectivity index (χ4v) is 4.20. The zero-order chi connectivity index (χ0) is 24.6. The molecule has 1 aliphatic rings. The molecule has 7 heteroatoms. The number of carboxylic acid groups (broad SMARTS) is 1. The molecule has 1 fully saturated rings. The number of rotatable bonds is 13. The molecular formula is C27H35N3O4. The smallest absolute Gasteiger partial charge is 0.326 e. The normalized spacial score (nSPS) is 15.9. The van der Waals surface area contributed by atoms with Crippen LogP contribution in [0.4, 0.5) is 0 Å². The molecule has 0 spiro atoms. The Morgan fingerprint density at radius 2 is 1.53 bits per heavy atom. The maximum Gasteiger partial charge on any atom is 0.326 e.